The van der Waals surface area contributed by atoms with Crippen LogP contribution in [0, 0.1) is 0 Å². The highest BCUT2D eigenvalue weighted by molar-refractivity contribution is 6.43. The SMILES string of the molecule is COc1cccc(/C=C(\NC(=O)c2ccccc2)C(=O)Nc2ccc(C(=O)/C=C/c3cccc(Cl)c3Cl)cc2)c1. The van der Waals surface area contributed by atoms with Gasteiger partial charge < -0.3 is 15.4 Å². The Morgan fingerprint density at radius 1 is 0.800 bits per heavy atom. The third kappa shape index (κ3) is 7.47. The monoisotopic (exact) mass is 570 g/mol. The summed E-state index contributed by atoms with van der Waals surface area (Å²) < 4.78 is 5.26. The lowest BCUT2D eigenvalue weighted by Gasteiger charge is -2.12. The van der Waals surface area contributed by atoms with Gasteiger partial charge in [0.15, 0.2) is 5.78 Å². The second-order valence-electron chi connectivity index (χ2n) is 8.53. The van der Waals surface area contributed by atoms with Crippen molar-refractivity contribution in [2.75, 3.05) is 12.4 Å². The molecule has 0 saturated heterocycles. The standard InChI is InChI=1S/C32H24Cl2N2O4/c1-40-26-11-5-7-21(19-26)20-28(36-31(38)24-8-3-2-4-9-24)32(39)35-25-16-13-22(14-17-25)29(37)18-15-23-10-6-12-27(33)30(23)34/h2-20H,1H3,(H,35,39)(H,36,38)/b18-15+,28-20-. The Morgan fingerprint density at radius 2 is 1.52 bits per heavy atom. The Labute approximate surface area is 241 Å². The van der Waals surface area contributed by atoms with Crippen LogP contribution >= 0.6 is 23.2 Å². The van der Waals surface area contributed by atoms with Crippen molar-refractivity contribution >= 4 is 58.6 Å². The molecule has 0 unspecified atom stereocenters. The van der Waals surface area contributed by atoms with Gasteiger partial charge in [-0.3, -0.25) is 14.4 Å². The average molecular weight is 571 g/mol. The molecule has 0 saturated carbocycles. The summed E-state index contributed by atoms with van der Waals surface area (Å²) in [7, 11) is 1.55. The number of carbonyl (C=O) groups is 3. The van der Waals surface area contributed by atoms with E-state index in [0.717, 1.165) is 0 Å². The number of methoxy groups -OCH3 is 1. The number of nitrogens with one attached hydrogen (secondary N) is 2. The van der Waals surface area contributed by atoms with Crippen LogP contribution in [0.15, 0.2) is 109 Å². The molecule has 40 heavy (non-hydrogen) atoms. The molecule has 0 aliphatic carbocycles. The summed E-state index contributed by atoms with van der Waals surface area (Å²) >= 11 is 12.2. The predicted molar refractivity (Wildman–Crippen MR) is 160 cm³/mol. The van der Waals surface area contributed by atoms with Crippen LogP contribution in [-0.4, -0.2) is 24.7 Å². The molecule has 4 aromatic rings. The van der Waals surface area contributed by atoms with E-state index in [2.05, 4.69) is 10.6 Å². The fraction of sp³-hybridized carbons (Fsp3) is 0.0312. The maximum Gasteiger partial charge on any atom is 0.272 e. The van der Waals surface area contributed by atoms with Crippen molar-refractivity contribution < 1.29 is 19.1 Å². The minimum absolute atomic E-state index is 0.0311. The second-order valence-corrected chi connectivity index (χ2v) is 9.31. The quantitative estimate of drug-likeness (QED) is 0.163. The van der Waals surface area contributed by atoms with Crippen LogP contribution in [0.25, 0.3) is 12.2 Å². The zero-order valence-electron chi connectivity index (χ0n) is 21.4. The van der Waals surface area contributed by atoms with Gasteiger partial charge in [0, 0.05) is 16.8 Å². The molecular formula is C32H24Cl2N2O4. The van der Waals surface area contributed by atoms with Crippen molar-refractivity contribution in [3.05, 3.63) is 141 Å². The highest BCUT2D eigenvalue weighted by Crippen LogP contribution is 2.26. The summed E-state index contributed by atoms with van der Waals surface area (Å²) in [6.07, 6.45) is 4.55. The van der Waals surface area contributed by atoms with Gasteiger partial charge in [-0.25, -0.2) is 0 Å². The Morgan fingerprint density at radius 3 is 2.25 bits per heavy atom. The highest BCUT2D eigenvalue weighted by atomic mass is 35.5. The molecule has 0 heterocycles. The molecule has 0 aromatic heterocycles. The minimum Gasteiger partial charge on any atom is -0.497 e. The van der Waals surface area contributed by atoms with Crippen molar-refractivity contribution in [2.45, 2.75) is 0 Å². The molecule has 4 aromatic carbocycles. The van der Waals surface area contributed by atoms with Crippen LogP contribution in [-0.2, 0) is 4.79 Å². The Bertz CT molecular complexity index is 1600. The topological polar surface area (TPSA) is 84.5 Å². The third-order valence-electron chi connectivity index (χ3n) is 5.76. The van der Waals surface area contributed by atoms with Gasteiger partial charge in [0.2, 0.25) is 0 Å². The lowest BCUT2D eigenvalue weighted by molar-refractivity contribution is -0.113. The number of amides is 2. The fourth-order valence-electron chi connectivity index (χ4n) is 3.67. The van der Waals surface area contributed by atoms with Crippen molar-refractivity contribution in [1.82, 2.24) is 5.32 Å². The van der Waals surface area contributed by atoms with Crippen molar-refractivity contribution in [2.24, 2.45) is 0 Å². The molecule has 4 rings (SSSR count). The Hall–Kier alpha value is -4.65. The number of allylic oxidation sites excluding steroid dienone is 1. The molecule has 0 spiro atoms. The summed E-state index contributed by atoms with van der Waals surface area (Å²) in [5.74, 6) is -0.614. The van der Waals surface area contributed by atoms with E-state index in [1.807, 2.05) is 0 Å². The van der Waals surface area contributed by atoms with Gasteiger partial charge in [0.1, 0.15) is 11.4 Å². The van der Waals surface area contributed by atoms with E-state index in [9.17, 15) is 14.4 Å². The summed E-state index contributed by atoms with van der Waals surface area (Å²) in [5, 5.41) is 6.23. The van der Waals surface area contributed by atoms with E-state index in [-0.39, 0.29) is 11.5 Å². The predicted octanol–water partition coefficient (Wildman–Crippen LogP) is 7.31. The Balaban J connectivity index is 1.51. The normalized spacial score (nSPS) is 11.2. The first-order valence-corrected chi connectivity index (χ1v) is 12.9. The van der Waals surface area contributed by atoms with E-state index < -0.39 is 11.8 Å². The van der Waals surface area contributed by atoms with Crippen molar-refractivity contribution in [3.8, 4) is 5.75 Å². The maximum absolute atomic E-state index is 13.2. The molecule has 0 bridgehead atoms. The van der Waals surface area contributed by atoms with Crippen LogP contribution in [0.3, 0.4) is 0 Å². The van der Waals surface area contributed by atoms with E-state index in [4.69, 9.17) is 27.9 Å². The molecular weight excluding hydrogens is 547 g/mol. The van der Waals surface area contributed by atoms with Gasteiger partial charge in [-0.05, 0) is 84.0 Å². The van der Waals surface area contributed by atoms with Crippen LogP contribution in [0.5, 0.6) is 5.75 Å². The lowest BCUT2D eigenvalue weighted by Crippen LogP contribution is -2.30. The molecule has 0 atom stereocenters. The number of rotatable bonds is 9. The van der Waals surface area contributed by atoms with Gasteiger partial charge in [-0.2, -0.15) is 0 Å². The summed E-state index contributed by atoms with van der Waals surface area (Å²) in [4.78, 5) is 38.7. The van der Waals surface area contributed by atoms with Gasteiger partial charge in [0.05, 0.1) is 17.2 Å². The largest absolute Gasteiger partial charge is 0.497 e. The zero-order chi connectivity index (χ0) is 28.5. The Kier molecular flexibility index (Phi) is 9.52. The molecule has 6 nitrogen and oxygen atoms in total. The molecule has 0 radical (unpaired) electrons. The number of ether oxygens (including phenoxy) is 1. The first-order chi connectivity index (χ1) is 19.3. The molecule has 0 aliphatic rings. The van der Waals surface area contributed by atoms with Gasteiger partial charge in [-0.1, -0.05) is 65.7 Å². The van der Waals surface area contributed by atoms with Crippen LogP contribution < -0.4 is 15.4 Å². The molecule has 8 heteroatoms. The number of hydrogen-bond donors (Lipinski definition) is 2. The molecule has 200 valence electrons. The number of ketones is 1. The maximum atomic E-state index is 13.2. The molecule has 0 fully saturated rings. The summed E-state index contributed by atoms with van der Waals surface area (Å²) in [5.41, 5.74) is 2.57. The fourth-order valence-corrected chi connectivity index (χ4v) is 4.04. The first kappa shape index (κ1) is 28.4. The molecule has 2 amide bonds. The van der Waals surface area contributed by atoms with Crippen molar-refractivity contribution in [1.29, 1.82) is 0 Å². The number of hydrogen-bond acceptors (Lipinski definition) is 4. The van der Waals surface area contributed by atoms with E-state index >= 15 is 0 Å². The van der Waals surface area contributed by atoms with Gasteiger partial charge >= 0.3 is 0 Å². The van der Waals surface area contributed by atoms with Crippen LogP contribution in [0.2, 0.25) is 10.0 Å². The lowest BCUT2D eigenvalue weighted by atomic mass is 10.1. The molecule has 2 N–H and O–H groups in total. The number of anilines is 1. The second kappa shape index (κ2) is 13.4. The zero-order valence-corrected chi connectivity index (χ0v) is 22.9. The van der Waals surface area contributed by atoms with Gasteiger partial charge in [0.25, 0.3) is 11.8 Å². The van der Waals surface area contributed by atoms with Crippen LogP contribution in [0.4, 0.5) is 5.69 Å². The van der Waals surface area contributed by atoms with Gasteiger partial charge in [-0.15, -0.1) is 0 Å². The van der Waals surface area contributed by atoms with Crippen molar-refractivity contribution in [3.63, 3.8) is 0 Å². The number of halogens is 2. The first-order valence-electron chi connectivity index (χ1n) is 12.1. The molecule has 0 aliphatic heterocycles. The summed E-state index contributed by atoms with van der Waals surface area (Å²) in [6, 6.07) is 27.2. The minimum atomic E-state index is -0.540. The van der Waals surface area contributed by atoms with E-state index in [1.54, 1.807) is 116 Å². The van der Waals surface area contributed by atoms with Crippen LogP contribution in [0.1, 0.15) is 31.8 Å². The third-order valence-corrected chi connectivity index (χ3v) is 6.59. The number of benzene rings is 4. The average Bonchev–Trinajstić information content (AvgIpc) is 2.98. The number of carbonyl (C=O) groups excluding carboxylic acids is 3. The van der Waals surface area contributed by atoms with E-state index in [0.29, 0.717) is 43.7 Å². The summed E-state index contributed by atoms with van der Waals surface area (Å²) in [6.45, 7) is 0. The smallest absolute Gasteiger partial charge is 0.272 e. The van der Waals surface area contributed by atoms with E-state index in [1.165, 1.54) is 6.08 Å². The highest BCUT2D eigenvalue weighted by Gasteiger charge is 2.15.